The molecule has 1 saturated heterocycles. The third kappa shape index (κ3) is 4.55. The fourth-order valence-corrected chi connectivity index (χ4v) is 4.62. The number of aryl methyl sites for hydroxylation is 1. The van der Waals surface area contributed by atoms with Crippen LogP contribution >= 0.6 is 0 Å². The third-order valence-electron chi connectivity index (χ3n) is 4.90. The van der Waals surface area contributed by atoms with E-state index in [2.05, 4.69) is 19.3 Å². The first-order valence-corrected chi connectivity index (χ1v) is 10.7. The molecule has 0 aromatic heterocycles. The Balaban J connectivity index is 1.79. The summed E-state index contributed by atoms with van der Waals surface area (Å²) < 4.78 is 27.3. The minimum Gasteiger partial charge on any atom is -0.335 e. The third-order valence-corrected chi connectivity index (χ3v) is 6.80. The second-order valence-electron chi connectivity index (χ2n) is 6.90. The van der Waals surface area contributed by atoms with Gasteiger partial charge in [-0.3, -0.25) is 4.79 Å². The molecule has 1 amide bonds. The smallest absolute Gasteiger partial charge is 0.255 e. The van der Waals surface area contributed by atoms with E-state index in [0.717, 1.165) is 25.1 Å². The van der Waals surface area contributed by atoms with Crippen molar-refractivity contribution in [1.29, 1.82) is 0 Å². The second-order valence-corrected chi connectivity index (χ2v) is 8.84. The van der Waals surface area contributed by atoms with Gasteiger partial charge in [-0.25, -0.2) is 8.42 Å². The number of benzene rings is 2. The van der Waals surface area contributed by atoms with E-state index in [1.54, 1.807) is 18.2 Å². The maximum atomic E-state index is 12.9. The van der Waals surface area contributed by atoms with Gasteiger partial charge in [0.25, 0.3) is 5.91 Å². The van der Waals surface area contributed by atoms with Gasteiger partial charge in [0.2, 0.25) is 10.0 Å². The number of nitrogens with zero attached hydrogens (tertiary/aromatic N) is 1. The first-order chi connectivity index (χ1) is 12.9. The van der Waals surface area contributed by atoms with Gasteiger partial charge >= 0.3 is 0 Å². The quantitative estimate of drug-likeness (QED) is 0.804. The van der Waals surface area contributed by atoms with Crippen molar-refractivity contribution in [2.45, 2.75) is 18.2 Å². The van der Waals surface area contributed by atoms with Crippen molar-refractivity contribution in [2.75, 3.05) is 38.5 Å². The number of carbonyl (C=O) groups is 1. The Kier molecular flexibility index (Phi) is 5.94. The number of rotatable bonds is 5. The maximum absolute atomic E-state index is 12.9. The normalized spacial score (nSPS) is 16.2. The number of piperazine rings is 1. The van der Waals surface area contributed by atoms with Crippen molar-refractivity contribution >= 4 is 21.6 Å². The maximum Gasteiger partial charge on any atom is 0.255 e. The van der Waals surface area contributed by atoms with Crippen LogP contribution in [0, 0.1) is 0 Å². The summed E-state index contributed by atoms with van der Waals surface area (Å²) in [6, 6.07) is 13.9. The molecule has 0 aliphatic carbocycles. The van der Waals surface area contributed by atoms with Gasteiger partial charge in [-0.2, -0.15) is 4.31 Å². The number of carbonyl (C=O) groups excluding carboxylic acids is 1. The molecule has 6 nitrogen and oxygen atoms in total. The number of nitrogens with one attached hydrogen (secondary N) is 2. The van der Waals surface area contributed by atoms with Gasteiger partial charge in [0.15, 0.2) is 0 Å². The van der Waals surface area contributed by atoms with Crippen LogP contribution in [-0.4, -0.2) is 51.9 Å². The predicted octanol–water partition coefficient (Wildman–Crippen LogP) is 1.02. The minimum atomic E-state index is -3.59. The van der Waals surface area contributed by atoms with Gasteiger partial charge in [-0.1, -0.05) is 25.1 Å². The number of anilines is 1. The SMILES string of the molecule is CCc1cccc(NC(=O)c2cccc(S(=O)(=O)N3CC[NH+](C)CC3)c2)c1. The number of amides is 1. The standard InChI is InChI=1S/C20H25N3O3S/c1-3-16-6-4-8-18(14-16)21-20(24)17-7-5-9-19(15-17)27(25,26)23-12-10-22(2)11-13-23/h4-9,14-15H,3,10-13H2,1-2H3,(H,21,24)/p+1. The van der Waals surface area contributed by atoms with Crippen LogP contribution in [0.4, 0.5) is 5.69 Å². The zero-order valence-corrected chi connectivity index (χ0v) is 16.6. The molecule has 0 unspecified atom stereocenters. The van der Waals surface area contributed by atoms with Crippen LogP contribution in [0.15, 0.2) is 53.4 Å². The van der Waals surface area contributed by atoms with Gasteiger partial charge in [-0.15, -0.1) is 0 Å². The average molecular weight is 389 g/mol. The highest BCUT2D eigenvalue weighted by Crippen LogP contribution is 2.19. The molecule has 0 atom stereocenters. The Morgan fingerprint density at radius 1 is 1.11 bits per heavy atom. The lowest BCUT2D eigenvalue weighted by Crippen LogP contribution is -3.12. The monoisotopic (exact) mass is 388 g/mol. The molecule has 0 bridgehead atoms. The van der Waals surface area contributed by atoms with Gasteiger partial charge < -0.3 is 10.2 Å². The molecule has 0 saturated carbocycles. The molecule has 2 aromatic carbocycles. The highest BCUT2D eigenvalue weighted by atomic mass is 32.2. The van der Waals surface area contributed by atoms with E-state index in [1.165, 1.54) is 15.3 Å². The molecular formula is C20H26N3O3S+. The largest absolute Gasteiger partial charge is 0.335 e. The average Bonchev–Trinajstić information content (AvgIpc) is 2.68. The van der Waals surface area contributed by atoms with E-state index in [9.17, 15) is 13.2 Å². The molecule has 144 valence electrons. The molecule has 0 radical (unpaired) electrons. The van der Waals surface area contributed by atoms with Crippen molar-refractivity contribution in [3.63, 3.8) is 0 Å². The summed E-state index contributed by atoms with van der Waals surface area (Å²) in [6.45, 7) is 4.61. The summed E-state index contributed by atoms with van der Waals surface area (Å²) in [5.41, 5.74) is 2.16. The van der Waals surface area contributed by atoms with E-state index in [1.807, 2.05) is 24.3 Å². The van der Waals surface area contributed by atoms with E-state index < -0.39 is 10.0 Å². The number of hydrogen-bond donors (Lipinski definition) is 2. The molecule has 27 heavy (non-hydrogen) atoms. The van der Waals surface area contributed by atoms with Crippen molar-refractivity contribution in [3.05, 3.63) is 59.7 Å². The highest BCUT2D eigenvalue weighted by molar-refractivity contribution is 7.89. The Bertz CT molecular complexity index is 920. The van der Waals surface area contributed by atoms with Crippen LogP contribution in [0.25, 0.3) is 0 Å². The van der Waals surface area contributed by atoms with Crippen LogP contribution in [0.3, 0.4) is 0 Å². The number of sulfonamides is 1. The highest BCUT2D eigenvalue weighted by Gasteiger charge is 2.29. The molecule has 1 aliphatic rings. The Hall–Kier alpha value is -2.22. The van der Waals surface area contributed by atoms with Crippen LogP contribution in [-0.2, 0) is 16.4 Å². The molecule has 3 rings (SSSR count). The van der Waals surface area contributed by atoms with Crippen LogP contribution in [0.2, 0.25) is 0 Å². The summed E-state index contributed by atoms with van der Waals surface area (Å²) in [6.07, 6.45) is 0.879. The Morgan fingerprint density at radius 3 is 2.52 bits per heavy atom. The zero-order chi connectivity index (χ0) is 19.4. The number of likely N-dealkylation sites (N-methyl/N-ethyl adjacent to an activating group) is 1. The number of hydrogen-bond acceptors (Lipinski definition) is 3. The van der Waals surface area contributed by atoms with Gasteiger partial charge in [0.1, 0.15) is 0 Å². The predicted molar refractivity (Wildman–Crippen MR) is 106 cm³/mol. The molecule has 1 aliphatic heterocycles. The topological polar surface area (TPSA) is 70.9 Å². The van der Waals surface area contributed by atoms with E-state index in [-0.39, 0.29) is 10.8 Å². The van der Waals surface area contributed by atoms with Crippen molar-refractivity contribution in [1.82, 2.24) is 4.31 Å². The van der Waals surface area contributed by atoms with Crippen LogP contribution < -0.4 is 10.2 Å². The van der Waals surface area contributed by atoms with Gasteiger partial charge in [0, 0.05) is 11.3 Å². The molecular weight excluding hydrogens is 362 g/mol. The van der Waals surface area contributed by atoms with E-state index in [0.29, 0.717) is 24.3 Å². The summed E-state index contributed by atoms with van der Waals surface area (Å²) in [7, 11) is -1.53. The van der Waals surface area contributed by atoms with Gasteiger partial charge in [-0.05, 0) is 42.3 Å². The molecule has 2 N–H and O–H groups in total. The zero-order valence-electron chi connectivity index (χ0n) is 15.7. The summed E-state index contributed by atoms with van der Waals surface area (Å²) in [4.78, 5) is 14.1. The molecule has 1 heterocycles. The van der Waals surface area contributed by atoms with Crippen LogP contribution in [0.1, 0.15) is 22.8 Å². The summed E-state index contributed by atoms with van der Waals surface area (Å²) in [5, 5.41) is 2.85. The first-order valence-electron chi connectivity index (χ1n) is 9.22. The van der Waals surface area contributed by atoms with Crippen molar-refractivity contribution in [3.8, 4) is 0 Å². The number of quaternary nitrogens is 1. The van der Waals surface area contributed by atoms with E-state index in [4.69, 9.17) is 0 Å². The first kappa shape index (κ1) is 19.5. The summed E-state index contributed by atoms with van der Waals surface area (Å²) in [5.74, 6) is -0.317. The molecule has 2 aromatic rings. The fraction of sp³-hybridized carbons (Fsp3) is 0.350. The van der Waals surface area contributed by atoms with Crippen molar-refractivity contribution < 1.29 is 18.1 Å². The Morgan fingerprint density at radius 2 is 1.81 bits per heavy atom. The lowest BCUT2D eigenvalue weighted by Gasteiger charge is -2.29. The Labute approximate surface area is 160 Å². The molecule has 1 fully saturated rings. The second kappa shape index (κ2) is 8.21. The molecule has 0 spiro atoms. The minimum absolute atomic E-state index is 0.164. The van der Waals surface area contributed by atoms with Crippen molar-refractivity contribution in [2.24, 2.45) is 0 Å². The summed E-state index contributed by atoms with van der Waals surface area (Å²) >= 11 is 0. The lowest BCUT2D eigenvalue weighted by molar-refractivity contribution is -0.883. The van der Waals surface area contributed by atoms with Gasteiger partial charge in [0.05, 0.1) is 38.1 Å². The lowest BCUT2D eigenvalue weighted by atomic mass is 10.1. The molecule has 7 heteroatoms. The fourth-order valence-electron chi connectivity index (χ4n) is 3.13. The van der Waals surface area contributed by atoms with E-state index >= 15 is 0 Å². The van der Waals surface area contributed by atoms with Crippen LogP contribution in [0.5, 0.6) is 0 Å².